The number of carbonyl (C=O) groups is 1. The molecule has 0 unspecified atom stereocenters. The summed E-state index contributed by atoms with van der Waals surface area (Å²) in [4.78, 5) is 23.8. The van der Waals surface area contributed by atoms with E-state index in [0.717, 1.165) is 12.8 Å². The molecule has 0 radical (unpaired) electrons. The van der Waals surface area contributed by atoms with Gasteiger partial charge in [-0.3, -0.25) is 4.79 Å². The number of methoxy groups -OCH3 is 1. The van der Waals surface area contributed by atoms with Gasteiger partial charge >= 0.3 is 5.97 Å². The summed E-state index contributed by atoms with van der Waals surface area (Å²) in [5.74, 6) is -0.787. The van der Waals surface area contributed by atoms with Crippen molar-refractivity contribution in [3.05, 3.63) is 27.7 Å². The minimum Gasteiger partial charge on any atom is -0.465 e. The second kappa shape index (κ2) is 5.40. The molecule has 0 atom stereocenters. The van der Waals surface area contributed by atoms with Gasteiger partial charge in [-0.15, -0.1) is 0 Å². The highest BCUT2D eigenvalue weighted by Crippen LogP contribution is 2.20. The molecule has 0 fully saturated rings. The zero-order valence-corrected chi connectivity index (χ0v) is 12.3. The van der Waals surface area contributed by atoms with Crippen LogP contribution in [0.3, 0.4) is 0 Å². The van der Waals surface area contributed by atoms with E-state index in [4.69, 9.17) is 4.74 Å². The maximum atomic E-state index is 12.3. The molecule has 1 aromatic heterocycles. The van der Waals surface area contributed by atoms with Gasteiger partial charge in [-0.05, 0) is 25.3 Å². The van der Waals surface area contributed by atoms with Crippen molar-refractivity contribution in [3.63, 3.8) is 0 Å². The summed E-state index contributed by atoms with van der Waals surface area (Å²) in [5, 5.41) is 0. The molecular weight excluding hydrogens is 282 g/mol. The van der Waals surface area contributed by atoms with Gasteiger partial charge in [0.25, 0.3) is 5.56 Å². The predicted molar refractivity (Wildman–Crippen MR) is 72.7 cm³/mol. The number of hydrogen-bond donors (Lipinski definition) is 0. The fourth-order valence-electron chi connectivity index (χ4n) is 2.41. The Bertz CT molecular complexity index is 702. The van der Waals surface area contributed by atoms with Gasteiger partial charge in [0.05, 0.1) is 18.4 Å². The number of rotatable bonds is 3. The second-order valence-corrected chi connectivity index (χ2v) is 6.92. The number of esters is 1. The quantitative estimate of drug-likeness (QED) is 0.770. The Balaban J connectivity index is 2.80. The molecule has 2 heterocycles. The van der Waals surface area contributed by atoms with Crippen LogP contribution in [-0.4, -0.2) is 31.8 Å². The maximum Gasteiger partial charge on any atom is 0.339 e. The zero-order chi connectivity index (χ0) is 14.9. The van der Waals surface area contributed by atoms with E-state index in [2.05, 4.69) is 0 Å². The molecule has 6 nitrogen and oxygen atoms in total. The SMILES string of the molecule is CCS(=O)(=O)c1cc(C(=O)OC)c2n(c1=O)CCCC2. The Labute approximate surface area is 117 Å². The average Bonchev–Trinajstić information content (AvgIpc) is 2.47. The summed E-state index contributed by atoms with van der Waals surface area (Å²) in [6.45, 7) is 1.90. The molecule has 1 aliphatic heterocycles. The highest BCUT2D eigenvalue weighted by molar-refractivity contribution is 7.91. The van der Waals surface area contributed by atoms with Crippen molar-refractivity contribution >= 4 is 15.8 Å². The van der Waals surface area contributed by atoms with Crippen LogP contribution in [0.4, 0.5) is 0 Å². The highest BCUT2D eigenvalue weighted by Gasteiger charge is 2.26. The molecule has 0 amide bonds. The fourth-order valence-corrected chi connectivity index (χ4v) is 3.40. The van der Waals surface area contributed by atoms with Crippen LogP contribution in [0, 0.1) is 0 Å². The van der Waals surface area contributed by atoms with Crippen molar-refractivity contribution < 1.29 is 17.9 Å². The summed E-state index contributed by atoms with van der Waals surface area (Å²) >= 11 is 0. The zero-order valence-electron chi connectivity index (χ0n) is 11.5. The molecule has 0 spiro atoms. The van der Waals surface area contributed by atoms with Crippen LogP contribution in [0.2, 0.25) is 0 Å². The van der Waals surface area contributed by atoms with Gasteiger partial charge in [-0.25, -0.2) is 13.2 Å². The number of sulfone groups is 1. The maximum absolute atomic E-state index is 12.3. The van der Waals surface area contributed by atoms with Crippen LogP contribution in [-0.2, 0) is 27.5 Å². The molecule has 0 N–H and O–H groups in total. The van der Waals surface area contributed by atoms with Gasteiger partial charge in [0.2, 0.25) is 0 Å². The molecule has 7 heteroatoms. The van der Waals surface area contributed by atoms with Crippen LogP contribution in [0.25, 0.3) is 0 Å². The molecule has 0 bridgehead atoms. The smallest absolute Gasteiger partial charge is 0.339 e. The van der Waals surface area contributed by atoms with Crippen LogP contribution < -0.4 is 5.56 Å². The Morgan fingerprint density at radius 1 is 1.40 bits per heavy atom. The summed E-state index contributed by atoms with van der Waals surface area (Å²) in [7, 11) is -2.43. The van der Waals surface area contributed by atoms with E-state index in [1.807, 2.05) is 0 Å². The van der Waals surface area contributed by atoms with Crippen LogP contribution in [0.5, 0.6) is 0 Å². The molecule has 1 aliphatic rings. The van der Waals surface area contributed by atoms with Crippen molar-refractivity contribution in [1.29, 1.82) is 0 Å². The molecule has 2 rings (SSSR count). The first-order valence-corrected chi connectivity index (χ1v) is 8.15. The lowest BCUT2D eigenvalue weighted by Crippen LogP contribution is -2.33. The van der Waals surface area contributed by atoms with Crippen molar-refractivity contribution in [1.82, 2.24) is 4.57 Å². The molecule has 0 saturated heterocycles. The van der Waals surface area contributed by atoms with Crippen molar-refractivity contribution in [2.24, 2.45) is 0 Å². The van der Waals surface area contributed by atoms with Crippen molar-refractivity contribution in [2.75, 3.05) is 12.9 Å². The predicted octanol–water partition coefficient (Wildman–Crippen LogP) is 0.765. The summed E-state index contributed by atoms with van der Waals surface area (Å²) < 4.78 is 30.1. The lowest BCUT2D eigenvalue weighted by molar-refractivity contribution is 0.0597. The van der Waals surface area contributed by atoms with Crippen LogP contribution in [0.1, 0.15) is 35.8 Å². The third kappa shape index (κ3) is 2.37. The van der Waals surface area contributed by atoms with E-state index in [1.165, 1.54) is 24.7 Å². The van der Waals surface area contributed by atoms with Crippen LogP contribution >= 0.6 is 0 Å². The number of pyridine rings is 1. The molecular formula is C13H17NO5S. The second-order valence-electron chi connectivity index (χ2n) is 4.68. The first-order chi connectivity index (χ1) is 9.42. The van der Waals surface area contributed by atoms with Gasteiger partial charge in [-0.2, -0.15) is 0 Å². The number of aromatic nitrogens is 1. The normalized spacial score (nSPS) is 14.7. The van der Waals surface area contributed by atoms with E-state index in [0.29, 0.717) is 18.7 Å². The van der Waals surface area contributed by atoms with Gasteiger partial charge in [0.15, 0.2) is 9.84 Å². The Morgan fingerprint density at radius 3 is 2.70 bits per heavy atom. The van der Waals surface area contributed by atoms with E-state index in [-0.39, 0.29) is 16.2 Å². The van der Waals surface area contributed by atoms with Gasteiger partial charge in [0, 0.05) is 12.2 Å². The number of nitrogens with zero attached hydrogens (tertiary/aromatic N) is 1. The highest BCUT2D eigenvalue weighted by atomic mass is 32.2. The molecule has 0 saturated carbocycles. The summed E-state index contributed by atoms with van der Waals surface area (Å²) in [5.41, 5.74) is 0.219. The molecule has 0 aliphatic carbocycles. The molecule has 20 heavy (non-hydrogen) atoms. The third-order valence-corrected chi connectivity index (χ3v) is 5.26. The van der Waals surface area contributed by atoms with Crippen LogP contribution in [0.15, 0.2) is 15.8 Å². The van der Waals surface area contributed by atoms with Crippen molar-refractivity contribution in [2.45, 2.75) is 37.6 Å². The number of carbonyl (C=O) groups excluding carboxylic acids is 1. The summed E-state index contributed by atoms with van der Waals surface area (Å²) in [6.07, 6.45) is 2.23. The third-order valence-electron chi connectivity index (χ3n) is 3.53. The van der Waals surface area contributed by atoms with Crippen molar-refractivity contribution in [3.8, 4) is 0 Å². The fraction of sp³-hybridized carbons (Fsp3) is 0.538. The monoisotopic (exact) mass is 299 g/mol. The van der Waals surface area contributed by atoms with E-state index < -0.39 is 21.4 Å². The van der Waals surface area contributed by atoms with E-state index in [1.54, 1.807) is 0 Å². The topological polar surface area (TPSA) is 82.4 Å². The minimum atomic E-state index is -3.67. The lowest BCUT2D eigenvalue weighted by Gasteiger charge is -2.21. The first-order valence-electron chi connectivity index (χ1n) is 6.50. The van der Waals surface area contributed by atoms with E-state index >= 15 is 0 Å². The molecule has 1 aromatic rings. The average molecular weight is 299 g/mol. The Morgan fingerprint density at radius 2 is 2.10 bits per heavy atom. The minimum absolute atomic E-state index is 0.178. The lowest BCUT2D eigenvalue weighted by atomic mass is 10.0. The molecule has 0 aromatic carbocycles. The van der Waals surface area contributed by atoms with Gasteiger partial charge in [-0.1, -0.05) is 6.92 Å². The first kappa shape index (κ1) is 14.8. The van der Waals surface area contributed by atoms with Gasteiger partial charge < -0.3 is 9.30 Å². The molecule has 110 valence electrons. The standard InChI is InChI=1S/C13H17NO5S/c1-3-20(17,18)11-8-9(13(16)19-2)10-6-4-5-7-14(10)12(11)15/h8H,3-7H2,1-2H3. The van der Waals surface area contributed by atoms with Gasteiger partial charge in [0.1, 0.15) is 4.90 Å². The van der Waals surface area contributed by atoms with E-state index in [9.17, 15) is 18.0 Å². The Hall–Kier alpha value is -1.63. The Kier molecular flexibility index (Phi) is 3.99. The number of ether oxygens (including phenoxy) is 1. The number of fused-ring (bicyclic) bond motifs is 1. The largest absolute Gasteiger partial charge is 0.465 e. The number of hydrogen-bond acceptors (Lipinski definition) is 5. The summed E-state index contributed by atoms with van der Waals surface area (Å²) in [6, 6.07) is 1.17.